The highest BCUT2D eigenvalue weighted by Crippen LogP contribution is 2.29. The maximum absolute atomic E-state index is 13.2. The second kappa shape index (κ2) is 8.95. The van der Waals surface area contributed by atoms with Gasteiger partial charge in [-0.05, 0) is 36.8 Å². The molecule has 2 aliphatic rings. The van der Waals surface area contributed by atoms with E-state index in [0.717, 1.165) is 22.8 Å². The standard InChI is InChI=1S/C26H25N7O3/c1-17-13-23(33-26(29-17)27-16-28-33)31-9-11-32(12-10-31)25(35)19-6-4-7-20(14-19)30-24(34)22-15-18-5-2-3-8-21(18)36-22/h2-8,13-14,16,22H,9-12,15H2,1H3,(H,30,34). The molecule has 4 aromatic rings. The van der Waals surface area contributed by atoms with Crippen molar-refractivity contribution in [1.82, 2.24) is 24.5 Å². The number of benzene rings is 2. The molecule has 1 N–H and O–H groups in total. The number of anilines is 2. The van der Waals surface area contributed by atoms with Crippen molar-refractivity contribution in [2.45, 2.75) is 19.4 Å². The highest BCUT2D eigenvalue weighted by atomic mass is 16.5. The topological polar surface area (TPSA) is 105 Å². The van der Waals surface area contributed by atoms with Crippen LogP contribution in [0.5, 0.6) is 5.75 Å². The Labute approximate surface area is 207 Å². The van der Waals surface area contributed by atoms with Gasteiger partial charge in [0.05, 0.1) is 0 Å². The molecule has 1 atom stereocenters. The van der Waals surface area contributed by atoms with E-state index in [4.69, 9.17) is 4.74 Å². The SMILES string of the molecule is Cc1cc(N2CCN(C(=O)c3cccc(NC(=O)C4Cc5ccccc5O4)c3)CC2)n2ncnc2n1. The molecule has 6 rings (SSSR count). The number of aromatic nitrogens is 4. The molecule has 1 saturated heterocycles. The van der Waals surface area contributed by atoms with Gasteiger partial charge in [-0.15, -0.1) is 0 Å². The van der Waals surface area contributed by atoms with E-state index in [0.29, 0.717) is 49.6 Å². The number of rotatable bonds is 4. The normalized spacial score (nSPS) is 17.1. The van der Waals surface area contributed by atoms with Gasteiger partial charge in [0.2, 0.25) is 0 Å². The Hall–Kier alpha value is -4.47. The van der Waals surface area contributed by atoms with Gasteiger partial charge in [0.1, 0.15) is 17.9 Å². The molecule has 2 aromatic heterocycles. The van der Waals surface area contributed by atoms with Gasteiger partial charge in [0.25, 0.3) is 17.6 Å². The third kappa shape index (κ3) is 4.10. The zero-order valence-electron chi connectivity index (χ0n) is 19.8. The molecule has 10 heteroatoms. The van der Waals surface area contributed by atoms with Crippen LogP contribution >= 0.6 is 0 Å². The summed E-state index contributed by atoms with van der Waals surface area (Å²) >= 11 is 0. The minimum atomic E-state index is -0.580. The highest BCUT2D eigenvalue weighted by molar-refractivity contribution is 5.98. The number of nitrogens with one attached hydrogen (secondary N) is 1. The average Bonchev–Trinajstić information content (AvgIpc) is 3.55. The predicted molar refractivity (Wildman–Crippen MR) is 133 cm³/mol. The molecule has 2 aliphatic heterocycles. The van der Waals surface area contributed by atoms with E-state index in [1.165, 1.54) is 6.33 Å². The summed E-state index contributed by atoms with van der Waals surface area (Å²) < 4.78 is 7.51. The molecular formula is C26H25N7O3. The lowest BCUT2D eigenvalue weighted by Gasteiger charge is -2.36. The molecule has 0 bridgehead atoms. The van der Waals surface area contributed by atoms with Crippen LogP contribution in [0.4, 0.5) is 11.5 Å². The van der Waals surface area contributed by atoms with E-state index in [1.807, 2.05) is 42.2 Å². The summed E-state index contributed by atoms with van der Waals surface area (Å²) in [5, 5.41) is 7.19. The fourth-order valence-corrected chi connectivity index (χ4v) is 4.74. The number of carbonyl (C=O) groups excluding carboxylic acids is 2. The molecule has 182 valence electrons. The Balaban J connectivity index is 1.10. The molecule has 4 heterocycles. The number of carbonyl (C=O) groups is 2. The van der Waals surface area contributed by atoms with E-state index in [1.54, 1.807) is 28.8 Å². The third-order valence-corrected chi connectivity index (χ3v) is 6.57. The molecule has 0 saturated carbocycles. The monoisotopic (exact) mass is 483 g/mol. The fraction of sp³-hybridized carbons (Fsp3) is 0.269. The summed E-state index contributed by atoms with van der Waals surface area (Å²) in [4.78, 5) is 38.6. The molecular weight excluding hydrogens is 458 g/mol. The number of hydrogen-bond acceptors (Lipinski definition) is 7. The fourth-order valence-electron chi connectivity index (χ4n) is 4.74. The smallest absolute Gasteiger partial charge is 0.265 e. The van der Waals surface area contributed by atoms with E-state index in [-0.39, 0.29) is 11.8 Å². The van der Waals surface area contributed by atoms with Crippen molar-refractivity contribution in [3.8, 4) is 5.75 Å². The second-order valence-electron chi connectivity index (χ2n) is 9.00. The number of nitrogens with zero attached hydrogens (tertiary/aromatic N) is 6. The molecule has 1 fully saturated rings. The van der Waals surface area contributed by atoms with Crippen LogP contribution < -0.4 is 15.0 Å². The molecule has 1 unspecified atom stereocenters. The van der Waals surface area contributed by atoms with E-state index < -0.39 is 6.10 Å². The zero-order valence-corrected chi connectivity index (χ0v) is 19.8. The lowest BCUT2D eigenvalue weighted by molar-refractivity contribution is -0.122. The van der Waals surface area contributed by atoms with Gasteiger partial charge in [0.15, 0.2) is 6.10 Å². The summed E-state index contributed by atoms with van der Waals surface area (Å²) in [6, 6.07) is 16.7. The third-order valence-electron chi connectivity index (χ3n) is 6.57. The first kappa shape index (κ1) is 22.0. The molecule has 10 nitrogen and oxygen atoms in total. The van der Waals surface area contributed by atoms with Crippen molar-refractivity contribution in [2.24, 2.45) is 0 Å². The minimum Gasteiger partial charge on any atom is -0.480 e. The maximum atomic E-state index is 13.2. The van der Waals surface area contributed by atoms with Crippen molar-refractivity contribution < 1.29 is 14.3 Å². The molecule has 2 aromatic carbocycles. The van der Waals surface area contributed by atoms with Crippen molar-refractivity contribution in [1.29, 1.82) is 0 Å². The van der Waals surface area contributed by atoms with E-state index in [9.17, 15) is 9.59 Å². The van der Waals surface area contributed by atoms with Gasteiger partial charge in [-0.3, -0.25) is 9.59 Å². The zero-order chi connectivity index (χ0) is 24.6. The first-order valence-electron chi connectivity index (χ1n) is 11.9. The van der Waals surface area contributed by atoms with Crippen LogP contribution in [-0.4, -0.2) is 68.6 Å². The Morgan fingerprint density at radius 1 is 1.03 bits per heavy atom. The molecule has 0 radical (unpaired) electrons. The van der Waals surface area contributed by atoms with Crippen molar-refractivity contribution in [2.75, 3.05) is 36.4 Å². The van der Waals surface area contributed by atoms with Gasteiger partial charge < -0.3 is 19.9 Å². The maximum Gasteiger partial charge on any atom is 0.265 e. The van der Waals surface area contributed by atoms with Crippen LogP contribution in [0.15, 0.2) is 60.9 Å². The van der Waals surface area contributed by atoms with Crippen LogP contribution in [-0.2, 0) is 11.2 Å². The summed E-state index contributed by atoms with van der Waals surface area (Å²) in [5.41, 5.74) is 3.00. The minimum absolute atomic E-state index is 0.0629. The lowest BCUT2D eigenvalue weighted by atomic mass is 10.1. The first-order valence-corrected chi connectivity index (χ1v) is 11.9. The molecule has 0 spiro atoms. The molecule has 36 heavy (non-hydrogen) atoms. The van der Waals surface area contributed by atoms with Crippen LogP contribution in [0, 0.1) is 6.92 Å². The lowest BCUT2D eigenvalue weighted by Crippen LogP contribution is -2.49. The first-order chi connectivity index (χ1) is 17.5. The van der Waals surface area contributed by atoms with Crippen LogP contribution in [0.1, 0.15) is 21.6 Å². The molecule has 2 amide bonds. The van der Waals surface area contributed by atoms with Crippen LogP contribution in [0.3, 0.4) is 0 Å². The second-order valence-corrected chi connectivity index (χ2v) is 9.00. The number of piperazine rings is 1. The number of amides is 2. The number of fused-ring (bicyclic) bond motifs is 2. The average molecular weight is 484 g/mol. The Kier molecular flexibility index (Phi) is 5.48. The van der Waals surface area contributed by atoms with Crippen molar-refractivity contribution in [3.05, 3.63) is 77.7 Å². The van der Waals surface area contributed by atoms with Crippen LogP contribution in [0.2, 0.25) is 0 Å². The van der Waals surface area contributed by atoms with Gasteiger partial charge in [0, 0.05) is 55.6 Å². The Bertz CT molecular complexity index is 1430. The number of hydrogen-bond donors (Lipinski definition) is 1. The largest absolute Gasteiger partial charge is 0.480 e. The van der Waals surface area contributed by atoms with Crippen molar-refractivity contribution >= 4 is 29.1 Å². The van der Waals surface area contributed by atoms with Gasteiger partial charge in [-0.25, -0.2) is 4.98 Å². The predicted octanol–water partition coefficient (Wildman–Crippen LogP) is 2.34. The summed E-state index contributed by atoms with van der Waals surface area (Å²) in [7, 11) is 0. The quantitative estimate of drug-likeness (QED) is 0.475. The molecule has 0 aliphatic carbocycles. The number of para-hydroxylation sites is 1. The summed E-state index contributed by atoms with van der Waals surface area (Å²) in [6.07, 6.45) is 1.44. The van der Waals surface area contributed by atoms with E-state index in [2.05, 4.69) is 25.3 Å². The van der Waals surface area contributed by atoms with Gasteiger partial charge in [-0.2, -0.15) is 14.6 Å². The number of ether oxygens (including phenoxy) is 1. The summed E-state index contributed by atoms with van der Waals surface area (Å²) in [5.74, 6) is 1.94. The Morgan fingerprint density at radius 3 is 2.69 bits per heavy atom. The summed E-state index contributed by atoms with van der Waals surface area (Å²) in [6.45, 7) is 4.41. The Morgan fingerprint density at radius 2 is 1.86 bits per heavy atom. The van der Waals surface area contributed by atoms with Gasteiger partial charge >= 0.3 is 0 Å². The van der Waals surface area contributed by atoms with Crippen LogP contribution in [0.25, 0.3) is 5.78 Å². The number of aryl methyl sites for hydroxylation is 1. The van der Waals surface area contributed by atoms with E-state index >= 15 is 0 Å². The van der Waals surface area contributed by atoms with Crippen molar-refractivity contribution in [3.63, 3.8) is 0 Å². The van der Waals surface area contributed by atoms with Gasteiger partial charge in [-0.1, -0.05) is 24.3 Å². The highest BCUT2D eigenvalue weighted by Gasteiger charge is 2.29.